The molecule has 0 aliphatic carbocycles. The van der Waals surface area contributed by atoms with Crippen molar-refractivity contribution in [1.29, 1.82) is 0 Å². The highest BCUT2D eigenvalue weighted by molar-refractivity contribution is 6.30. The van der Waals surface area contributed by atoms with Crippen molar-refractivity contribution in [2.24, 2.45) is 0 Å². The number of benzene rings is 2. The number of fused-ring (bicyclic) bond motifs is 3. The van der Waals surface area contributed by atoms with Gasteiger partial charge in [0.05, 0.1) is 22.6 Å². The summed E-state index contributed by atoms with van der Waals surface area (Å²) in [6, 6.07) is 10.8. The second-order valence-corrected chi connectivity index (χ2v) is 7.94. The van der Waals surface area contributed by atoms with Gasteiger partial charge in [-0.3, -0.25) is 9.69 Å². The minimum Gasteiger partial charge on any atom is -0.478 e. The molecule has 0 radical (unpaired) electrons. The molecule has 152 valence electrons. The number of halogens is 1. The largest absolute Gasteiger partial charge is 0.478 e. The first kappa shape index (κ1) is 20.0. The third-order valence-corrected chi connectivity index (χ3v) is 5.26. The highest BCUT2D eigenvalue weighted by atomic mass is 35.5. The van der Waals surface area contributed by atoms with Crippen molar-refractivity contribution in [2.75, 3.05) is 19.9 Å². The molecule has 1 aromatic heterocycles. The van der Waals surface area contributed by atoms with Crippen molar-refractivity contribution >= 4 is 22.6 Å². The van der Waals surface area contributed by atoms with Gasteiger partial charge in [-0.05, 0) is 50.1 Å². The van der Waals surface area contributed by atoms with E-state index in [-0.39, 0.29) is 11.5 Å². The molecule has 0 atom stereocenters. The van der Waals surface area contributed by atoms with Crippen molar-refractivity contribution in [3.05, 3.63) is 63.5 Å². The van der Waals surface area contributed by atoms with Crippen LogP contribution in [-0.2, 0) is 11.3 Å². The van der Waals surface area contributed by atoms with Crippen LogP contribution in [0.15, 0.2) is 51.9 Å². The lowest BCUT2D eigenvalue weighted by molar-refractivity contribution is 0.0525. The van der Waals surface area contributed by atoms with E-state index >= 15 is 0 Å². The number of nitrogens with zero attached hydrogens (tertiary/aromatic N) is 1. The van der Waals surface area contributed by atoms with Crippen LogP contribution in [0.5, 0.6) is 5.75 Å². The molecule has 0 saturated carbocycles. The van der Waals surface area contributed by atoms with E-state index in [4.69, 9.17) is 25.5 Å². The zero-order valence-electron chi connectivity index (χ0n) is 16.6. The summed E-state index contributed by atoms with van der Waals surface area (Å²) in [6.45, 7) is 6.84. The van der Waals surface area contributed by atoms with Crippen molar-refractivity contribution in [1.82, 2.24) is 4.90 Å². The minimum absolute atomic E-state index is 0.0566. The Kier molecular flexibility index (Phi) is 5.90. The van der Waals surface area contributed by atoms with Gasteiger partial charge in [0.25, 0.3) is 0 Å². The minimum atomic E-state index is -0.0566. The highest BCUT2D eigenvalue weighted by Gasteiger charge is 2.22. The Labute approximate surface area is 174 Å². The Morgan fingerprint density at radius 1 is 1.17 bits per heavy atom. The molecule has 5 nitrogen and oxygen atoms in total. The highest BCUT2D eigenvalue weighted by Crippen LogP contribution is 2.32. The van der Waals surface area contributed by atoms with Crippen LogP contribution in [0, 0.1) is 0 Å². The summed E-state index contributed by atoms with van der Waals surface area (Å²) in [5, 5.41) is 1.19. The SMILES string of the molecule is CC(C)OCCCN1COc2ccc3c(=O)c(-c4ccc(Cl)cc4)coc3c2C1. The Morgan fingerprint density at radius 3 is 2.72 bits per heavy atom. The first-order valence-electron chi connectivity index (χ1n) is 9.83. The molecule has 0 bridgehead atoms. The van der Waals surface area contributed by atoms with Gasteiger partial charge in [0, 0.05) is 24.7 Å². The number of hydrogen-bond donors (Lipinski definition) is 0. The molecule has 0 amide bonds. The third-order valence-electron chi connectivity index (χ3n) is 5.01. The molecule has 29 heavy (non-hydrogen) atoms. The van der Waals surface area contributed by atoms with Crippen LogP contribution < -0.4 is 10.2 Å². The van der Waals surface area contributed by atoms with Crippen molar-refractivity contribution in [3.63, 3.8) is 0 Å². The van der Waals surface area contributed by atoms with Crippen LogP contribution in [0.25, 0.3) is 22.1 Å². The molecule has 2 heterocycles. The fourth-order valence-electron chi connectivity index (χ4n) is 3.53. The summed E-state index contributed by atoms with van der Waals surface area (Å²) in [5.74, 6) is 0.773. The quantitative estimate of drug-likeness (QED) is 0.527. The van der Waals surface area contributed by atoms with E-state index in [2.05, 4.69) is 4.90 Å². The van der Waals surface area contributed by atoms with Gasteiger partial charge in [0.1, 0.15) is 24.3 Å². The number of ether oxygens (including phenoxy) is 2. The lowest BCUT2D eigenvalue weighted by Crippen LogP contribution is -2.33. The van der Waals surface area contributed by atoms with Crippen molar-refractivity contribution in [2.45, 2.75) is 32.9 Å². The molecule has 0 fully saturated rings. The van der Waals surface area contributed by atoms with Gasteiger partial charge in [-0.25, -0.2) is 0 Å². The molecule has 0 unspecified atom stereocenters. The Bertz CT molecular complexity index is 1060. The molecule has 6 heteroatoms. The fraction of sp³-hybridized carbons (Fsp3) is 0.348. The summed E-state index contributed by atoms with van der Waals surface area (Å²) in [5.41, 5.74) is 2.75. The molecule has 1 aliphatic heterocycles. The molecule has 1 aliphatic rings. The Balaban J connectivity index is 1.61. The van der Waals surface area contributed by atoms with E-state index in [0.29, 0.717) is 34.8 Å². The topological polar surface area (TPSA) is 51.9 Å². The first-order chi connectivity index (χ1) is 14.0. The van der Waals surface area contributed by atoms with Gasteiger partial charge >= 0.3 is 0 Å². The van der Waals surface area contributed by atoms with Crippen LogP contribution in [0.1, 0.15) is 25.8 Å². The van der Waals surface area contributed by atoms with E-state index < -0.39 is 0 Å². The maximum Gasteiger partial charge on any atom is 0.200 e. The van der Waals surface area contributed by atoms with E-state index in [1.165, 1.54) is 6.26 Å². The van der Waals surface area contributed by atoms with E-state index in [0.717, 1.165) is 36.4 Å². The maximum absolute atomic E-state index is 13.1. The molecular formula is C23H24ClNO4. The predicted molar refractivity (Wildman–Crippen MR) is 115 cm³/mol. The van der Waals surface area contributed by atoms with Crippen LogP contribution in [0.4, 0.5) is 0 Å². The van der Waals surface area contributed by atoms with E-state index in [1.54, 1.807) is 18.2 Å². The first-order valence-corrected chi connectivity index (χ1v) is 10.2. The lowest BCUT2D eigenvalue weighted by Gasteiger charge is -2.29. The smallest absolute Gasteiger partial charge is 0.200 e. The zero-order valence-corrected chi connectivity index (χ0v) is 17.4. The van der Waals surface area contributed by atoms with Crippen molar-refractivity contribution < 1.29 is 13.9 Å². The Hall–Kier alpha value is -2.34. The van der Waals surface area contributed by atoms with E-state index in [1.807, 2.05) is 32.0 Å². The monoisotopic (exact) mass is 413 g/mol. The summed E-state index contributed by atoms with van der Waals surface area (Å²) < 4.78 is 17.5. The molecule has 2 aromatic carbocycles. The van der Waals surface area contributed by atoms with Gasteiger partial charge in [0.2, 0.25) is 5.43 Å². The average Bonchev–Trinajstić information content (AvgIpc) is 2.72. The van der Waals surface area contributed by atoms with Crippen LogP contribution in [0.3, 0.4) is 0 Å². The van der Waals surface area contributed by atoms with E-state index in [9.17, 15) is 4.79 Å². The summed E-state index contributed by atoms with van der Waals surface area (Å²) in [6.07, 6.45) is 2.69. The van der Waals surface area contributed by atoms with Gasteiger partial charge in [-0.15, -0.1) is 0 Å². The zero-order chi connectivity index (χ0) is 20.4. The second-order valence-electron chi connectivity index (χ2n) is 7.50. The lowest BCUT2D eigenvalue weighted by atomic mass is 10.0. The van der Waals surface area contributed by atoms with Gasteiger partial charge in [-0.1, -0.05) is 23.7 Å². The summed E-state index contributed by atoms with van der Waals surface area (Å²) >= 11 is 5.96. The second kappa shape index (κ2) is 8.57. The molecular weight excluding hydrogens is 390 g/mol. The average molecular weight is 414 g/mol. The number of hydrogen-bond acceptors (Lipinski definition) is 5. The summed E-state index contributed by atoms with van der Waals surface area (Å²) in [4.78, 5) is 15.3. The van der Waals surface area contributed by atoms with Crippen LogP contribution in [0.2, 0.25) is 5.02 Å². The predicted octanol–water partition coefficient (Wildman–Crippen LogP) is 5.08. The standard InChI is InChI=1S/C23H24ClNO4/c1-15(2)27-11-3-10-25-12-19-21(29-14-25)9-8-18-22(26)20(13-28-23(18)19)16-4-6-17(24)7-5-16/h4-9,13,15H,3,10-12,14H2,1-2H3. The van der Waals surface area contributed by atoms with Crippen LogP contribution >= 0.6 is 11.6 Å². The third kappa shape index (κ3) is 4.32. The van der Waals surface area contributed by atoms with Crippen LogP contribution in [-0.4, -0.2) is 30.9 Å². The molecule has 3 aromatic rings. The molecule has 0 spiro atoms. The molecule has 4 rings (SSSR count). The molecule has 0 N–H and O–H groups in total. The van der Waals surface area contributed by atoms with Gasteiger partial charge in [0.15, 0.2) is 0 Å². The van der Waals surface area contributed by atoms with Gasteiger partial charge < -0.3 is 13.9 Å². The fourth-order valence-corrected chi connectivity index (χ4v) is 3.66. The number of rotatable bonds is 6. The molecule has 0 saturated heterocycles. The Morgan fingerprint density at radius 2 is 1.97 bits per heavy atom. The summed E-state index contributed by atoms with van der Waals surface area (Å²) in [7, 11) is 0. The van der Waals surface area contributed by atoms with Gasteiger partial charge in [-0.2, -0.15) is 0 Å². The van der Waals surface area contributed by atoms with Crippen molar-refractivity contribution in [3.8, 4) is 16.9 Å². The normalized spacial score (nSPS) is 14.2. The maximum atomic E-state index is 13.1.